The third-order valence-electron chi connectivity index (χ3n) is 0.713. The van der Waals surface area contributed by atoms with Gasteiger partial charge in [-0.25, -0.2) is 0 Å². The van der Waals surface area contributed by atoms with E-state index in [0.717, 1.165) is 5.06 Å². The lowest BCUT2D eigenvalue weighted by atomic mass is 10.5. The highest BCUT2D eigenvalue weighted by Gasteiger charge is 1.79. The number of hydrogen-bond acceptors (Lipinski definition) is 2. The van der Waals surface area contributed by atoms with E-state index in [4.69, 9.17) is 0 Å². The van der Waals surface area contributed by atoms with Crippen LogP contribution in [0.5, 0.6) is 0 Å². The molecule has 0 aromatic carbocycles. The Balaban J connectivity index is 3.34. The Morgan fingerprint density at radius 1 is 1.86 bits per heavy atom. The minimum atomic E-state index is 0.495. The summed E-state index contributed by atoms with van der Waals surface area (Å²) in [5, 5.41) is 11.2. The third kappa shape index (κ3) is 2.23. The first-order chi connectivity index (χ1) is 3.18. The van der Waals surface area contributed by atoms with Gasteiger partial charge in [0.05, 0.1) is 0 Å². The number of nitrogens with zero attached hydrogens (tertiary/aromatic N) is 1. The predicted molar refractivity (Wildman–Crippen MR) is 30.6 cm³/mol. The Hall–Kier alpha value is -0.500. The summed E-state index contributed by atoms with van der Waals surface area (Å²) in [5.41, 5.74) is 0.572. The smallest absolute Gasteiger partial charge is 0.00246 e. The van der Waals surface area contributed by atoms with Crippen molar-refractivity contribution in [2.24, 2.45) is 0 Å². The number of hydroxylamine groups is 2. The first-order valence-electron chi connectivity index (χ1n) is 2.28. The van der Waals surface area contributed by atoms with Gasteiger partial charge in [-0.1, -0.05) is 6.58 Å². The van der Waals surface area contributed by atoms with E-state index in [0.29, 0.717) is 12.2 Å². The molecule has 0 radical (unpaired) electrons. The fourth-order valence-electron chi connectivity index (χ4n) is 0.270. The quantitative estimate of drug-likeness (QED) is 0.489. The Morgan fingerprint density at radius 3 is 2.29 bits per heavy atom. The van der Waals surface area contributed by atoms with Crippen molar-refractivity contribution in [3.8, 4) is 0 Å². The van der Waals surface area contributed by atoms with Crippen LogP contribution in [0.1, 0.15) is 13.8 Å². The average molecular weight is 100 g/mol. The Labute approximate surface area is 44.0 Å². The molecule has 2 heteroatoms. The lowest BCUT2D eigenvalue weighted by Gasteiger charge is -2.28. The summed E-state index contributed by atoms with van der Waals surface area (Å²) in [7, 11) is 0. The van der Waals surface area contributed by atoms with Gasteiger partial charge in [-0.05, 0) is 19.5 Å². The zero-order valence-corrected chi connectivity index (χ0v) is 4.77. The molecular formula is C5H10NO-. The zero-order chi connectivity index (χ0) is 5.86. The van der Waals surface area contributed by atoms with E-state index >= 15 is 0 Å². The van der Waals surface area contributed by atoms with Gasteiger partial charge in [0.2, 0.25) is 0 Å². The standard InChI is InChI=1S/C5H10NO/c1-4-6(7)5(2)3/h2,4H2,1,3H3/q-1. The maximum atomic E-state index is 10.3. The van der Waals surface area contributed by atoms with Crippen LogP contribution < -0.4 is 0 Å². The normalized spacial score (nSPS) is 8.43. The molecule has 0 spiro atoms. The van der Waals surface area contributed by atoms with E-state index in [1.54, 1.807) is 13.8 Å². The van der Waals surface area contributed by atoms with Crippen molar-refractivity contribution in [1.29, 1.82) is 0 Å². The van der Waals surface area contributed by atoms with Crippen molar-refractivity contribution >= 4 is 0 Å². The number of hydrogen-bond donors (Lipinski definition) is 0. The lowest BCUT2D eigenvalue weighted by molar-refractivity contribution is 0.498. The molecule has 0 rings (SSSR count). The van der Waals surface area contributed by atoms with E-state index in [1.165, 1.54) is 0 Å². The third-order valence-corrected chi connectivity index (χ3v) is 0.713. The highest BCUT2D eigenvalue weighted by Crippen LogP contribution is 1.93. The first-order valence-corrected chi connectivity index (χ1v) is 2.28. The van der Waals surface area contributed by atoms with E-state index in [-0.39, 0.29) is 0 Å². The lowest BCUT2D eigenvalue weighted by Crippen LogP contribution is -2.10. The summed E-state index contributed by atoms with van der Waals surface area (Å²) in [5.74, 6) is 0. The SMILES string of the molecule is C=C(C)N([O-])CC. The first kappa shape index (κ1) is 6.50. The second-order valence-electron chi connectivity index (χ2n) is 1.43. The van der Waals surface area contributed by atoms with Gasteiger partial charge in [-0.3, -0.25) is 0 Å². The maximum Gasteiger partial charge on any atom is 0.00246 e. The summed E-state index contributed by atoms with van der Waals surface area (Å²) < 4.78 is 0. The summed E-state index contributed by atoms with van der Waals surface area (Å²) in [6.45, 7) is 7.42. The van der Waals surface area contributed by atoms with Crippen LogP contribution in [0, 0.1) is 5.21 Å². The largest absolute Gasteiger partial charge is 0.759 e. The maximum absolute atomic E-state index is 10.3. The Kier molecular flexibility index (Phi) is 2.45. The highest BCUT2D eigenvalue weighted by molar-refractivity contribution is 4.87. The van der Waals surface area contributed by atoms with Crippen molar-refractivity contribution in [2.45, 2.75) is 13.8 Å². The van der Waals surface area contributed by atoms with Crippen LogP contribution in [-0.2, 0) is 0 Å². The topological polar surface area (TPSA) is 26.3 Å². The van der Waals surface area contributed by atoms with Crippen LogP contribution in [0.15, 0.2) is 12.3 Å². The van der Waals surface area contributed by atoms with Crippen LogP contribution in [0.3, 0.4) is 0 Å². The molecule has 0 saturated heterocycles. The van der Waals surface area contributed by atoms with Crippen LogP contribution in [0.25, 0.3) is 0 Å². The molecule has 0 unspecified atom stereocenters. The minimum Gasteiger partial charge on any atom is -0.759 e. The van der Waals surface area contributed by atoms with Crippen LogP contribution in [0.4, 0.5) is 0 Å². The van der Waals surface area contributed by atoms with Gasteiger partial charge < -0.3 is 10.3 Å². The number of allylic oxidation sites excluding steroid dienone is 1. The molecule has 0 aliphatic rings. The van der Waals surface area contributed by atoms with Crippen LogP contribution in [0.2, 0.25) is 0 Å². The van der Waals surface area contributed by atoms with E-state index in [1.807, 2.05) is 0 Å². The van der Waals surface area contributed by atoms with Gasteiger partial charge in [0, 0.05) is 6.54 Å². The van der Waals surface area contributed by atoms with Crippen molar-refractivity contribution in [1.82, 2.24) is 5.06 Å². The van der Waals surface area contributed by atoms with Crippen molar-refractivity contribution < 1.29 is 0 Å². The molecule has 0 aliphatic heterocycles. The van der Waals surface area contributed by atoms with Gasteiger partial charge in [0.25, 0.3) is 0 Å². The minimum absolute atomic E-state index is 0.495. The van der Waals surface area contributed by atoms with Gasteiger partial charge in [0.1, 0.15) is 0 Å². The molecule has 0 atom stereocenters. The molecule has 0 aromatic rings. The predicted octanol–water partition coefficient (Wildman–Crippen LogP) is 1.34. The van der Waals surface area contributed by atoms with Crippen molar-refractivity contribution in [3.05, 3.63) is 17.5 Å². The molecule has 7 heavy (non-hydrogen) atoms. The molecule has 0 N–H and O–H groups in total. The van der Waals surface area contributed by atoms with Gasteiger partial charge in [-0.2, -0.15) is 0 Å². The Morgan fingerprint density at radius 2 is 2.29 bits per heavy atom. The van der Waals surface area contributed by atoms with Crippen LogP contribution in [-0.4, -0.2) is 11.6 Å². The second kappa shape index (κ2) is 2.64. The van der Waals surface area contributed by atoms with Gasteiger partial charge >= 0.3 is 0 Å². The van der Waals surface area contributed by atoms with Gasteiger partial charge in [-0.15, -0.1) is 0 Å². The second-order valence-corrected chi connectivity index (χ2v) is 1.43. The summed E-state index contributed by atoms with van der Waals surface area (Å²) in [4.78, 5) is 0. The fourth-order valence-corrected chi connectivity index (χ4v) is 0.270. The molecule has 0 amide bonds. The fraction of sp³-hybridized carbons (Fsp3) is 0.600. The van der Waals surface area contributed by atoms with E-state index in [9.17, 15) is 5.21 Å². The molecule has 0 aromatic heterocycles. The van der Waals surface area contributed by atoms with E-state index in [2.05, 4.69) is 6.58 Å². The molecule has 0 heterocycles. The zero-order valence-electron chi connectivity index (χ0n) is 4.77. The Bertz CT molecular complexity index is 70.5. The monoisotopic (exact) mass is 100 g/mol. The molecule has 0 saturated carbocycles. The van der Waals surface area contributed by atoms with Crippen LogP contribution >= 0.6 is 0 Å². The summed E-state index contributed by atoms with van der Waals surface area (Å²) >= 11 is 0. The molecule has 0 fully saturated rings. The molecule has 0 bridgehead atoms. The molecule has 42 valence electrons. The summed E-state index contributed by atoms with van der Waals surface area (Å²) in [6, 6.07) is 0. The van der Waals surface area contributed by atoms with E-state index < -0.39 is 0 Å². The van der Waals surface area contributed by atoms with Gasteiger partial charge in [0.15, 0.2) is 0 Å². The summed E-state index contributed by atoms with van der Waals surface area (Å²) in [6.07, 6.45) is 0. The number of rotatable bonds is 2. The van der Waals surface area contributed by atoms with Crippen molar-refractivity contribution in [2.75, 3.05) is 6.54 Å². The average Bonchev–Trinajstić information content (AvgIpc) is 1.65. The molecular weight excluding hydrogens is 90.1 g/mol. The highest BCUT2D eigenvalue weighted by atomic mass is 16.5. The molecule has 2 nitrogen and oxygen atoms in total. The van der Waals surface area contributed by atoms with Crippen molar-refractivity contribution in [3.63, 3.8) is 0 Å². The molecule has 0 aliphatic carbocycles.